The third-order valence-electron chi connectivity index (χ3n) is 8.42. The molecule has 5 nitrogen and oxygen atoms in total. The number of carboxylic acids is 1. The first kappa shape index (κ1) is 29.9. The SMILES string of the molecule is CCC(CC)(c1ccc(C=CC2CCCCC2O)c(C)c1)c1ccc(OC[C@H](O)CCCC(=O)O)c(C)c1. The van der Waals surface area contributed by atoms with Gasteiger partial charge in [0.05, 0.1) is 12.2 Å². The molecule has 1 aliphatic carbocycles. The lowest BCUT2D eigenvalue weighted by atomic mass is 9.70. The number of benzene rings is 2. The standard InChI is InChI=1S/C33H46O5/c1-5-33(6-2,27-17-16-25(23(3)20-27)14-15-26-10-7-8-12-30(26)35)28-18-19-31(24(4)21-28)38-22-29(34)11-9-13-32(36)37/h14-21,26,29-30,34-35H,5-13,22H2,1-4H3,(H,36,37)/t26?,29-,30?/m1/s1. The van der Waals surface area contributed by atoms with Crippen molar-refractivity contribution >= 4 is 12.0 Å². The molecule has 0 radical (unpaired) electrons. The first-order valence-electron chi connectivity index (χ1n) is 14.3. The normalized spacial score (nSPS) is 19.0. The molecule has 0 amide bonds. The molecule has 1 aliphatic rings. The molecule has 0 bridgehead atoms. The molecular weight excluding hydrogens is 476 g/mol. The van der Waals surface area contributed by atoms with Crippen LogP contribution in [0.2, 0.25) is 0 Å². The number of hydrogen-bond acceptors (Lipinski definition) is 4. The van der Waals surface area contributed by atoms with Gasteiger partial charge in [-0.15, -0.1) is 0 Å². The minimum absolute atomic E-state index is 0.0568. The van der Waals surface area contributed by atoms with Gasteiger partial charge in [-0.05, 0) is 86.3 Å². The molecule has 5 heteroatoms. The van der Waals surface area contributed by atoms with E-state index < -0.39 is 12.1 Å². The van der Waals surface area contributed by atoms with E-state index in [-0.39, 0.29) is 30.5 Å². The largest absolute Gasteiger partial charge is 0.491 e. The summed E-state index contributed by atoms with van der Waals surface area (Å²) in [6.07, 6.45) is 10.6. The third kappa shape index (κ3) is 7.48. The summed E-state index contributed by atoms with van der Waals surface area (Å²) in [7, 11) is 0. The molecule has 3 rings (SSSR count). The molecule has 0 heterocycles. The molecule has 2 unspecified atom stereocenters. The maximum Gasteiger partial charge on any atom is 0.303 e. The highest BCUT2D eigenvalue weighted by Crippen LogP contribution is 2.41. The summed E-state index contributed by atoms with van der Waals surface area (Å²) in [4.78, 5) is 10.7. The van der Waals surface area contributed by atoms with Crippen LogP contribution in [0.5, 0.6) is 5.75 Å². The number of aliphatic carboxylic acids is 1. The lowest BCUT2D eigenvalue weighted by Crippen LogP contribution is -2.26. The summed E-state index contributed by atoms with van der Waals surface area (Å²) in [6.45, 7) is 8.83. The lowest BCUT2D eigenvalue weighted by Gasteiger charge is -2.34. The van der Waals surface area contributed by atoms with Crippen LogP contribution in [0, 0.1) is 19.8 Å². The molecule has 0 saturated heterocycles. The molecule has 3 N–H and O–H groups in total. The van der Waals surface area contributed by atoms with Gasteiger partial charge in [0.1, 0.15) is 12.4 Å². The molecule has 1 fully saturated rings. The Kier molecular flexibility index (Phi) is 11.0. The number of hydrogen-bond donors (Lipinski definition) is 3. The number of carbonyl (C=O) groups is 1. The van der Waals surface area contributed by atoms with E-state index in [0.29, 0.717) is 12.8 Å². The van der Waals surface area contributed by atoms with Crippen LogP contribution in [0.25, 0.3) is 6.08 Å². The fourth-order valence-corrected chi connectivity index (χ4v) is 5.85. The molecular formula is C33H46O5. The maximum atomic E-state index is 10.7. The van der Waals surface area contributed by atoms with Crippen molar-refractivity contribution in [2.75, 3.05) is 6.61 Å². The zero-order valence-electron chi connectivity index (χ0n) is 23.6. The van der Waals surface area contributed by atoms with Crippen LogP contribution in [-0.2, 0) is 10.2 Å². The van der Waals surface area contributed by atoms with Crippen molar-refractivity contribution in [3.8, 4) is 5.75 Å². The van der Waals surface area contributed by atoms with E-state index in [1.165, 1.54) is 28.7 Å². The van der Waals surface area contributed by atoms with E-state index in [9.17, 15) is 15.0 Å². The van der Waals surface area contributed by atoms with Crippen molar-refractivity contribution in [2.45, 2.75) is 103 Å². The minimum atomic E-state index is -0.847. The molecule has 3 atom stereocenters. The van der Waals surface area contributed by atoms with Gasteiger partial charge in [-0.25, -0.2) is 0 Å². The van der Waals surface area contributed by atoms with Crippen LogP contribution in [0.1, 0.15) is 99.5 Å². The molecule has 2 aromatic carbocycles. The smallest absolute Gasteiger partial charge is 0.303 e. The van der Waals surface area contributed by atoms with Gasteiger partial charge in [0, 0.05) is 17.8 Å². The molecule has 0 aliphatic heterocycles. The van der Waals surface area contributed by atoms with Crippen molar-refractivity contribution in [3.05, 3.63) is 70.3 Å². The number of aliphatic hydroxyl groups is 2. The van der Waals surface area contributed by atoms with Crippen LogP contribution < -0.4 is 4.74 Å². The summed E-state index contributed by atoms with van der Waals surface area (Å²) in [5.74, 6) is 0.150. The second-order valence-corrected chi connectivity index (χ2v) is 11.0. The van der Waals surface area contributed by atoms with Crippen LogP contribution >= 0.6 is 0 Å². The summed E-state index contributed by atoms with van der Waals surface area (Å²) < 4.78 is 5.89. The van der Waals surface area contributed by atoms with Gasteiger partial charge in [-0.3, -0.25) is 4.79 Å². The Balaban J connectivity index is 1.76. The van der Waals surface area contributed by atoms with Crippen molar-refractivity contribution < 1.29 is 24.9 Å². The van der Waals surface area contributed by atoms with E-state index in [4.69, 9.17) is 9.84 Å². The van der Waals surface area contributed by atoms with E-state index in [2.05, 4.69) is 63.3 Å². The van der Waals surface area contributed by atoms with Crippen LogP contribution in [0.3, 0.4) is 0 Å². The lowest BCUT2D eigenvalue weighted by molar-refractivity contribution is -0.137. The second-order valence-electron chi connectivity index (χ2n) is 11.0. The molecule has 0 spiro atoms. The molecule has 2 aromatic rings. The predicted molar refractivity (Wildman–Crippen MR) is 154 cm³/mol. The Morgan fingerprint density at radius 1 is 1.05 bits per heavy atom. The Morgan fingerprint density at radius 2 is 1.71 bits per heavy atom. The Hall–Kier alpha value is -2.63. The van der Waals surface area contributed by atoms with Gasteiger partial charge in [-0.2, -0.15) is 0 Å². The van der Waals surface area contributed by atoms with E-state index in [1.54, 1.807) is 0 Å². The van der Waals surface area contributed by atoms with Gasteiger partial charge in [0.15, 0.2) is 0 Å². The van der Waals surface area contributed by atoms with Crippen molar-refractivity contribution in [3.63, 3.8) is 0 Å². The first-order chi connectivity index (χ1) is 18.2. The Bertz CT molecular complexity index is 1080. The summed E-state index contributed by atoms with van der Waals surface area (Å²) >= 11 is 0. The van der Waals surface area contributed by atoms with E-state index in [0.717, 1.165) is 43.4 Å². The average Bonchev–Trinajstić information content (AvgIpc) is 2.89. The topological polar surface area (TPSA) is 87.0 Å². The number of aliphatic hydroxyl groups excluding tert-OH is 2. The summed E-state index contributed by atoms with van der Waals surface area (Å²) in [6, 6.07) is 13.1. The fraction of sp³-hybridized carbons (Fsp3) is 0.545. The molecule has 0 aromatic heterocycles. The number of aryl methyl sites for hydroxylation is 2. The Morgan fingerprint density at radius 3 is 2.32 bits per heavy atom. The number of ether oxygens (including phenoxy) is 1. The Labute approximate surface area is 228 Å². The summed E-state index contributed by atoms with van der Waals surface area (Å²) in [5, 5.41) is 29.3. The van der Waals surface area contributed by atoms with E-state index >= 15 is 0 Å². The number of rotatable bonds is 13. The minimum Gasteiger partial charge on any atom is -0.491 e. The zero-order chi connectivity index (χ0) is 27.7. The average molecular weight is 523 g/mol. The van der Waals surface area contributed by atoms with Crippen molar-refractivity contribution in [2.24, 2.45) is 5.92 Å². The molecule has 208 valence electrons. The van der Waals surface area contributed by atoms with Gasteiger partial charge in [0.2, 0.25) is 0 Å². The van der Waals surface area contributed by atoms with E-state index in [1.807, 2.05) is 13.0 Å². The zero-order valence-corrected chi connectivity index (χ0v) is 23.6. The van der Waals surface area contributed by atoms with Crippen molar-refractivity contribution in [1.29, 1.82) is 0 Å². The van der Waals surface area contributed by atoms with Crippen LogP contribution in [0.4, 0.5) is 0 Å². The monoisotopic (exact) mass is 522 g/mol. The first-order valence-corrected chi connectivity index (χ1v) is 14.3. The predicted octanol–water partition coefficient (Wildman–Crippen LogP) is 6.97. The van der Waals surface area contributed by atoms with Gasteiger partial charge < -0.3 is 20.1 Å². The third-order valence-corrected chi connectivity index (χ3v) is 8.42. The van der Waals surface area contributed by atoms with Crippen molar-refractivity contribution in [1.82, 2.24) is 0 Å². The van der Waals surface area contributed by atoms with Crippen LogP contribution in [-0.4, -0.2) is 40.1 Å². The second kappa shape index (κ2) is 14.0. The maximum absolute atomic E-state index is 10.7. The van der Waals surface area contributed by atoms with Gasteiger partial charge >= 0.3 is 5.97 Å². The van der Waals surface area contributed by atoms with Gasteiger partial charge in [0.25, 0.3) is 0 Å². The quantitative estimate of drug-likeness (QED) is 0.264. The highest BCUT2D eigenvalue weighted by Gasteiger charge is 2.31. The number of carboxylic acid groups (broad SMARTS) is 1. The molecule has 38 heavy (non-hydrogen) atoms. The highest BCUT2D eigenvalue weighted by molar-refractivity contribution is 5.66. The highest BCUT2D eigenvalue weighted by atomic mass is 16.5. The molecule has 1 saturated carbocycles. The fourth-order valence-electron chi connectivity index (χ4n) is 5.85. The van der Waals surface area contributed by atoms with Crippen LogP contribution in [0.15, 0.2) is 42.5 Å². The summed E-state index contributed by atoms with van der Waals surface area (Å²) in [5.41, 5.74) is 5.90. The van der Waals surface area contributed by atoms with Gasteiger partial charge in [-0.1, -0.05) is 69.2 Å².